The molecule has 0 spiro atoms. The largest absolute Gasteiger partial charge is 0.437 e. The van der Waals surface area contributed by atoms with Crippen molar-refractivity contribution in [2.24, 2.45) is 5.92 Å². The third-order valence-corrected chi connectivity index (χ3v) is 3.70. The van der Waals surface area contributed by atoms with Crippen molar-refractivity contribution >= 4 is 17.1 Å². The minimum atomic E-state index is -0.179. The number of nitrogens with zero attached hydrogens (tertiary/aromatic N) is 4. The molecule has 126 valence electrons. The topological polar surface area (TPSA) is 119 Å². The van der Waals surface area contributed by atoms with Gasteiger partial charge in [0.05, 0.1) is 6.33 Å². The summed E-state index contributed by atoms with van der Waals surface area (Å²) in [7, 11) is 0. The van der Waals surface area contributed by atoms with Crippen molar-refractivity contribution < 1.29 is 14.9 Å². The van der Waals surface area contributed by atoms with Crippen LogP contribution in [0.1, 0.15) is 6.42 Å². The first-order valence-corrected chi connectivity index (χ1v) is 7.64. The molecule has 0 bridgehead atoms. The average Bonchev–Trinajstić information content (AvgIpc) is 3.00. The van der Waals surface area contributed by atoms with E-state index in [1.807, 2.05) is 34.9 Å². The third-order valence-electron chi connectivity index (χ3n) is 3.70. The molecule has 1 aromatic carbocycles. The van der Waals surface area contributed by atoms with E-state index >= 15 is 0 Å². The van der Waals surface area contributed by atoms with Gasteiger partial charge in [-0.3, -0.25) is 0 Å². The Labute approximate surface area is 138 Å². The predicted molar refractivity (Wildman–Crippen MR) is 88.5 cm³/mol. The summed E-state index contributed by atoms with van der Waals surface area (Å²) >= 11 is 0. The molecule has 0 saturated carbocycles. The SMILES string of the molecule is Nc1nc(Oc2ccccc2)c2ncn(CCC(CO)CO)c2n1. The fourth-order valence-corrected chi connectivity index (χ4v) is 2.33. The molecule has 0 unspecified atom stereocenters. The van der Waals surface area contributed by atoms with Crippen molar-refractivity contribution in [3.63, 3.8) is 0 Å². The Balaban J connectivity index is 1.89. The van der Waals surface area contributed by atoms with Crippen LogP contribution in [0.2, 0.25) is 0 Å². The van der Waals surface area contributed by atoms with Crippen molar-refractivity contribution in [2.45, 2.75) is 13.0 Å². The lowest BCUT2D eigenvalue weighted by Gasteiger charge is -2.11. The summed E-state index contributed by atoms with van der Waals surface area (Å²) in [6.45, 7) is 0.411. The fraction of sp³-hybridized carbons (Fsp3) is 0.312. The number of benzene rings is 1. The van der Waals surface area contributed by atoms with E-state index in [0.29, 0.717) is 35.8 Å². The van der Waals surface area contributed by atoms with Gasteiger partial charge in [-0.1, -0.05) is 18.2 Å². The Bertz CT molecular complexity index is 802. The van der Waals surface area contributed by atoms with Gasteiger partial charge >= 0.3 is 0 Å². The highest BCUT2D eigenvalue weighted by atomic mass is 16.5. The number of hydrogen-bond acceptors (Lipinski definition) is 7. The number of aryl methyl sites for hydroxylation is 1. The molecule has 0 fully saturated rings. The van der Waals surface area contributed by atoms with E-state index in [1.165, 1.54) is 0 Å². The molecule has 0 aliphatic carbocycles. The fourth-order valence-electron chi connectivity index (χ4n) is 2.33. The van der Waals surface area contributed by atoms with E-state index in [0.717, 1.165) is 0 Å². The highest BCUT2D eigenvalue weighted by Crippen LogP contribution is 2.27. The summed E-state index contributed by atoms with van der Waals surface area (Å²) in [5.41, 5.74) is 6.86. The van der Waals surface area contributed by atoms with E-state index in [9.17, 15) is 0 Å². The first-order valence-electron chi connectivity index (χ1n) is 7.64. The van der Waals surface area contributed by atoms with Crippen LogP contribution in [0.4, 0.5) is 5.95 Å². The monoisotopic (exact) mass is 329 g/mol. The van der Waals surface area contributed by atoms with Gasteiger partial charge in [0.2, 0.25) is 5.95 Å². The van der Waals surface area contributed by atoms with Crippen LogP contribution in [0.3, 0.4) is 0 Å². The van der Waals surface area contributed by atoms with Gasteiger partial charge in [0, 0.05) is 25.7 Å². The van der Waals surface area contributed by atoms with Gasteiger partial charge in [-0.25, -0.2) is 4.98 Å². The number of nitrogens with two attached hydrogens (primary N) is 1. The molecular formula is C16H19N5O3. The Morgan fingerprint density at radius 2 is 1.88 bits per heavy atom. The van der Waals surface area contributed by atoms with Crippen molar-refractivity contribution in [3.8, 4) is 11.6 Å². The average molecular weight is 329 g/mol. The highest BCUT2D eigenvalue weighted by molar-refractivity contribution is 5.77. The number of ether oxygens (including phenoxy) is 1. The van der Waals surface area contributed by atoms with E-state index in [-0.39, 0.29) is 25.1 Å². The number of nitrogen functional groups attached to an aromatic ring is 1. The van der Waals surface area contributed by atoms with E-state index in [4.69, 9.17) is 20.7 Å². The van der Waals surface area contributed by atoms with Crippen LogP contribution in [0, 0.1) is 5.92 Å². The first-order chi connectivity index (χ1) is 11.7. The van der Waals surface area contributed by atoms with Gasteiger partial charge < -0.3 is 25.3 Å². The van der Waals surface area contributed by atoms with Crippen molar-refractivity contribution in [2.75, 3.05) is 18.9 Å². The first kappa shape index (κ1) is 16.2. The lowest BCUT2D eigenvalue weighted by Crippen LogP contribution is -2.14. The van der Waals surface area contributed by atoms with Gasteiger partial charge in [0.1, 0.15) is 5.75 Å². The molecular weight excluding hydrogens is 310 g/mol. The summed E-state index contributed by atoms with van der Waals surface area (Å²) in [5.74, 6) is 0.841. The lowest BCUT2D eigenvalue weighted by atomic mass is 10.1. The van der Waals surface area contributed by atoms with Crippen LogP contribution in [-0.2, 0) is 6.54 Å². The maximum absolute atomic E-state index is 9.17. The number of para-hydroxylation sites is 1. The molecule has 0 amide bonds. The van der Waals surface area contributed by atoms with Gasteiger partial charge in [-0.15, -0.1) is 0 Å². The molecule has 2 aromatic heterocycles. The number of rotatable bonds is 7. The predicted octanol–water partition coefficient (Wildman–Crippen LogP) is 1.19. The zero-order chi connectivity index (χ0) is 16.9. The van der Waals surface area contributed by atoms with Crippen LogP contribution in [0.15, 0.2) is 36.7 Å². The number of aliphatic hydroxyl groups is 2. The van der Waals surface area contributed by atoms with Gasteiger partial charge in [-0.05, 0) is 18.6 Å². The number of aromatic nitrogens is 4. The quantitative estimate of drug-likeness (QED) is 0.595. The van der Waals surface area contributed by atoms with Crippen molar-refractivity contribution in [1.82, 2.24) is 19.5 Å². The molecule has 0 atom stereocenters. The number of anilines is 1. The number of imidazole rings is 1. The number of fused-ring (bicyclic) bond motifs is 1. The standard InChI is InChI=1S/C16H19N5O3/c17-16-19-14-13(15(20-16)24-12-4-2-1-3-5-12)18-10-21(14)7-6-11(8-22)9-23/h1-5,10-11,22-23H,6-9H2,(H2,17,19,20). The molecule has 2 heterocycles. The second-order valence-corrected chi connectivity index (χ2v) is 5.43. The van der Waals surface area contributed by atoms with Crippen LogP contribution in [0.5, 0.6) is 11.6 Å². The van der Waals surface area contributed by atoms with Crippen LogP contribution in [-0.4, -0.2) is 42.9 Å². The molecule has 0 aliphatic rings. The van der Waals surface area contributed by atoms with Gasteiger partial charge in [-0.2, -0.15) is 9.97 Å². The molecule has 0 saturated heterocycles. The Hall–Kier alpha value is -2.71. The molecule has 3 rings (SSSR count). The molecule has 0 aliphatic heterocycles. The highest BCUT2D eigenvalue weighted by Gasteiger charge is 2.15. The van der Waals surface area contributed by atoms with Crippen LogP contribution >= 0.6 is 0 Å². The summed E-state index contributed by atoms with van der Waals surface area (Å²) in [6.07, 6.45) is 2.22. The molecule has 8 nitrogen and oxygen atoms in total. The van der Waals surface area contributed by atoms with E-state index in [1.54, 1.807) is 6.33 Å². The Kier molecular flexibility index (Phi) is 4.88. The molecule has 3 aromatic rings. The molecule has 4 N–H and O–H groups in total. The maximum atomic E-state index is 9.17. The van der Waals surface area contributed by atoms with Crippen molar-refractivity contribution in [3.05, 3.63) is 36.7 Å². The summed E-state index contributed by atoms with van der Waals surface area (Å²) in [5, 5.41) is 18.3. The number of aliphatic hydroxyl groups excluding tert-OH is 2. The van der Waals surface area contributed by atoms with Crippen molar-refractivity contribution in [1.29, 1.82) is 0 Å². The Morgan fingerprint density at radius 1 is 1.12 bits per heavy atom. The minimum absolute atomic E-state index is 0.0668. The van der Waals surface area contributed by atoms with E-state index < -0.39 is 0 Å². The van der Waals surface area contributed by atoms with E-state index in [2.05, 4.69) is 15.0 Å². The summed E-state index contributed by atoms with van der Waals surface area (Å²) in [4.78, 5) is 12.7. The zero-order valence-corrected chi connectivity index (χ0v) is 13.0. The second kappa shape index (κ2) is 7.24. The second-order valence-electron chi connectivity index (χ2n) is 5.43. The zero-order valence-electron chi connectivity index (χ0n) is 13.0. The molecule has 8 heteroatoms. The maximum Gasteiger partial charge on any atom is 0.252 e. The van der Waals surface area contributed by atoms with Gasteiger partial charge in [0.25, 0.3) is 5.88 Å². The Morgan fingerprint density at radius 3 is 2.58 bits per heavy atom. The molecule has 0 radical (unpaired) electrons. The number of hydrogen-bond donors (Lipinski definition) is 3. The summed E-state index contributed by atoms with van der Waals surface area (Å²) < 4.78 is 7.58. The smallest absolute Gasteiger partial charge is 0.252 e. The summed E-state index contributed by atoms with van der Waals surface area (Å²) in [6, 6.07) is 9.24. The van der Waals surface area contributed by atoms with Crippen LogP contribution in [0.25, 0.3) is 11.2 Å². The lowest BCUT2D eigenvalue weighted by molar-refractivity contribution is 0.140. The van der Waals surface area contributed by atoms with Crippen LogP contribution < -0.4 is 10.5 Å². The van der Waals surface area contributed by atoms with Gasteiger partial charge in [0.15, 0.2) is 11.2 Å². The third kappa shape index (κ3) is 3.44. The normalized spacial score (nSPS) is 11.3. The molecule has 24 heavy (non-hydrogen) atoms. The minimum Gasteiger partial charge on any atom is -0.437 e.